The molecule has 0 aromatic carbocycles. The van der Waals surface area contributed by atoms with Gasteiger partial charge in [0.15, 0.2) is 0 Å². The Morgan fingerprint density at radius 1 is 1.60 bits per heavy atom. The summed E-state index contributed by atoms with van der Waals surface area (Å²) < 4.78 is 0. The average Bonchev–Trinajstić information content (AvgIpc) is 2.10. The predicted octanol–water partition coefficient (Wildman–Crippen LogP) is -0.414. The summed E-state index contributed by atoms with van der Waals surface area (Å²) in [6.45, 7) is -0.900. The molecular weight excluding hydrogens is 224 g/mol. The molecule has 0 aliphatic carbocycles. The maximum atomic E-state index is 10.9. The number of thioether (sulfide) groups is 1. The number of rotatable bonds is 7. The number of aliphatic carboxylic acids is 1. The van der Waals surface area contributed by atoms with Gasteiger partial charge in [-0.3, -0.25) is 14.9 Å². The molecule has 0 aromatic rings. The molecule has 0 heterocycles. The highest BCUT2D eigenvalue weighted by Gasteiger charge is 2.21. The molecule has 0 rings (SSSR count). The normalized spacial score (nSPS) is 11.8. The van der Waals surface area contributed by atoms with Gasteiger partial charge in [0, 0.05) is 4.92 Å². The molecule has 0 spiro atoms. The fraction of sp³-hybridized carbons (Fsp3) is 0.714. The molecule has 0 aliphatic rings. The summed E-state index contributed by atoms with van der Waals surface area (Å²) >= 11 is 1.44. The lowest BCUT2D eigenvalue weighted by Crippen LogP contribution is -2.43. The Balaban J connectivity index is 4.10. The van der Waals surface area contributed by atoms with Gasteiger partial charge in [-0.25, -0.2) is 4.79 Å². The van der Waals surface area contributed by atoms with E-state index in [2.05, 4.69) is 5.32 Å². The summed E-state index contributed by atoms with van der Waals surface area (Å²) in [5, 5.41) is 20.7. The Labute approximate surface area is 90.4 Å². The van der Waals surface area contributed by atoms with Gasteiger partial charge in [0.25, 0.3) is 12.5 Å². The van der Waals surface area contributed by atoms with Crippen LogP contribution in [0.3, 0.4) is 0 Å². The van der Waals surface area contributed by atoms with Crippen LogP contribution in [0.15, 0.2) is 0 Å². The number of hydrogen-bond acceptors (Lipinski definition) is 5. The number of nitrogens with zero attached hydrogens (tertiary/aromatic N) is 1. The molecule has 1 amide bonds. The lowest BCUT2D eigenvalue weighted by atomic mass is 10.2. The fourth-order valence-corrected chi connectivity index (χ4v) is 1.32. The van der Waals surface area contributed by atoms with Crippen molar-refractivity contribution in [2.45, 2.75) is 12.5 Å². The highest BCUT2D eigenvalue weighted by atomic mass is 32.2. The minimum atomic E-state index is -1.18. The van der Waals surface area contributed by atoms with Crippen LogP contribution in [-0.4, -0.2) is 46.5 Å². The maximum absolute atomic E-state index is 10.9. The molecule has 0 fully saturated rings. The fourth-order valence-electron chi connectivity index (χ4n) is 0.850. The van der Waals surface area contributed by atoms with Crippen molar-refractivity contribution in [3.8, 4) is 0 Å². The average molecular weight is 236 g/mol. The summed E-state index contributed by atoms with van der Waals surface area (Å²) in [5.41, 5.74) is 0. The van der Waals surface area contributed by atoms with Crippen LogP contribution in [0.2, 0.25) is 0 Å². The Hall–Kier alpha value is -1.31. The predicted molar refractivity (Wildman–Crippen MR) is 54.4 cm³/mol. The van der Waals surface area contributed by atoms with Crippen LogP contribution < -0.4 is 5.32 Å². The molecule has 0 saturated carbocycles. The summed E-state index contributed by atoms with van der Waals surface area (Å²) in [4.78, 5) is 30.7. The largest absolute Gasteiger partial charge is 0.480 e. The molecule has 15 heavy (non-hydrogen) atoms. The van der Waals surface area contributed by atoms with E-state index in [1.54, 1.807) is 6.26 Å². The Bertz CT molecular complexity index is 258. The molecule has 1 atom stereocenters. The first kappa shape index (κ1) is 13.7. The monoisotopic (exact) mass is 236 g/mol. The number of carboxylic acid groups (broad SMARTS) is 1. The summed E-state index contributed by atoms with van der Waals surface area (Å²) in [6.07, 6.45) is 2.05. The Morgan fingerprint density at radius 2 is 2.20 bits per heavy atom. The van der Waals surface area contributed by atoms with Crippen molar-refractivity contribution in [3.63, 3.8) is 0 Å². The summed E-state index contributed by atoms with van der Waals surface area (Å²) in [7, 11) is 0. The highest BCUT2D eigenvalue weighted by molar-refractivity contribution is 7.98. The van der Waals surface area contributed by atoms with E-state index in [0.29, 0.717) is 5.75 Å². The van der Waals surface area contributed by atoms with E-state index in [9.17, 15) is 19.7 Å². The first-order chi connectivity index (χ1) is 6.97. The van der Waals surface area contributed by atoms with Gasteiger partial charge in [-0.1, -0.05) is 0 Å². The van der Waals surface area contributed by atoms with Gasteiger partial charge in [0.05, 0.1) is 0 Å². The van der Waals surface area contributed by atoms with Crippen molar-refractivity contribution in [2.24, 2.45) is 0 Å². The molecule has 0 aliphatic heterocycles. The second-order valence-corrected chi connectivity index (χ2v) is 3.72. The minimum absolute atomic E-state index is 0.250. The van der Waals surface area contributed by atoms with Crippen LogP contribution in [0.25, 0.3) is 0 Å². The third-order valence-electron chi connectivity index (χ3n) is 1.52. The molecule has 0 radical (unpaired) electrons. The van der Waals surface area contributed by atoms with Crippen LogP contribution in [0, 0.1) is 10.1 Å². The lowest BCUT2D eigenvalue weighted by molar-refractivity contribution is -0.467. The molecule has 1 unspecified atom stereocenters. The van der Waals surface area contributed by atoms with Crippen molar-refractivity contribution in [2.75, 3.05) is 18.6 Å². The van der Waals surface area contributed by atoms with E-state index in [-0.39, 0.29) is 6.42 Å². The second kappa shape index (κ2) is 7.04. The van der Waals surface area contributed by atoms with Gasteiger partial charge in [-0.05, 0) is 18.4 Å². The number of carbonyl (C=O) groups excluding carboxylic acids is 1. The topological polar surface area (TPSA) is 110 Å². The van der Waals surface area contributed by atoms with Gasteiger partial charge in [-0.2, -0.15) is 11.8 Å². The first-order valence-electron chi connectivity index (χ1n) is 4.10. The van der Waals surface area contributed by atoms with Gasteiger partial charge in [-0.15, -0.1) is 0 Å². The zero-order chi connectivity index (χ0) is 11.8. The van der Waals surface area contributed by atoms with E-state index in [0.717, 1.165) is 0 Å². The molecule has 2 N–H and O–H groups in total. The first-order valence-corrected chi connectivity index (χ1v) is 5.49. The van der Waals surface area contributed by atoms with Gasteiger partial charge in [0.2, 0.25) is 0 Å². The van der Waals surface area contributed by atoms with E-state index >= 15 is 0 Å². The number of amides is 1. The second-order valence-electron chi connectivity index (χ2n) is 2.73. The standard InChI is InChI=1S/C7H12N2O5S/c1-15-3-2-5(7(11)12)8-6(10)4-9(13)14/h5H,2-4H2,1H3,(H,8,10)(H,11,12). The smallest absolute Gasteiger partial charge is 0.326 e. The molecule has 7 nitrogen and oxygen atoms in total. The number of nitrogens with one attached hydrogen (secondary N) is 1. The highest BCUT2D eigenvalue weighted by Crippen LogP contribution is 2.00. The molecule has 0 saturated heterocycles. The van der Waals surface area contributed by atoms with Crippen LogP contribution in [0.1, 0.15) is 6.42 Å². The summed E-state index contributed by atoms with van der Waals surface area (Å²) in [6, 6.07) is -1.05. The molecule has 8 heteroatoms. The third kappa shape index (κ3) is 6.72. The minimum Gasteiger partial charge on any atom is -0.480 e. The lowest BCUT2D eigenvalue weighted by Gasteiger charge is -2.11. The Kier molecular flexibility index (Phi) is 6.43. The quantitative estimate of drug-likeness (QED) is 0.459. The number of carbonyl (C=O) groups is 2. The number of nitro groups is 1. The third-order valence-corrected chi connectivity index (χ3v) is 2.16. The van der Waals surface area contributed by atoms with Crippen LogP contribution in [-0.2, 0) is 9.59 Å². The van der Waals surface area contributed by atoms with Crippen LogP contribution >= 0.6 is 11.8 Å². The zero-order valence-corrected chi connectivity index (χ0v) is 8.95. The molecule has 86 valence electrons. The van der Waals surface area contributed by atoms with Crippen molar-refractivity contribution in [1.29, 1.82) is 0 Å². The van der Waals surface area contributed by atoms with Crippen molar-refractivity contribution in [1.82, 2.24) is 5.32 Å². The maximum Gasteiger partial charge on any atom is 0.326 e. The van der Waals surface area contributed by atoms with Crippen molar-refractivity contribution in [3.05, 3.63) is 10.1 Å². The van der Waals surface area contributed by atoms with E-state index in [1.165, 1.54) is 11.8 Å². The van der Waals surface area contributed by atoms with E-state index < -0.39 is 29.4 Å². The van der Waals surface area contributed by atoms with Crippen molar-refractivity contribution >= 4 is 23.6 Å². The number of carboxylic acids is 1. The van der Waals surface area contributed by atoms with Crippen LogP contribution in [0.5, 0.6) is 0 Å². The molecular formula is C7H12N2O5S. The molecule has 0 bridgehead atoms. The van der Waals surface area contributed by atoms with Crippen LogP contribution in [0.4, 0.5) is 0 Å². The number of hydrogen-bond donors (Lipinski definition) is 2. The SMILES string of the molecule is CSCCC(NC(=O)C[N+](=O)[O-])C(=O)O. The van der Waals surface area contributed by atoms with Crippen molar-refractivity contribution < 1.29 is 19.6 Å². The van der Waals surface area contributed by atoms with E-state index in [1.807, 2.05) is 0 Å². The Morgan fingerprint density at radius 3 is 2.60 bits per heavy atom. The molecule has 0 aromatic heterocycles. The van der Waals surface area contributed by atoms with E-state index in [4.69, 9.17) is 5.11 Å². The summed E-state index contributed by atoms with van der Waals surface area (Å²) in [5.74, 6) is -1.50. The zero-order valence-electron chi connectivity index (χ0n) is 8.13. The van der Waals surface area contributed by atoms with Gasteiger partial charge < -0.3 is 10.4 Å². The van der Waals surface area contributed by atoms with Gasteiger partial charge >= 0.3 is 5.97 Å². The van der Waals surface area contributed by atoms with Gasteiger partial charge in [0.1, 0.15) is 6.04 Å².